The number of nitrogens with one attached hydrogen (secondary N) is 1. The van der Waals surface area contributed by atoms with Gasteiger partial charge in [0.1, 0.15) is 9.84 Å². The zero-order valence-corrected chi connectivity index (χ0v) is 12.2. The summed E-state index contributed by atoms with van der Waals surface area (Å²) in [5.74, 6) is 0.587. The van der Waals surface area contributed by atoms with Gasteiger partial charge in [-0.3, -0.25) is 0 Å². The number of hydrogen-bond acceptors (Lipinski definition) is 4. The van der Waals surface area contributed by atoms with Gasteiger partial charge in [-0.2, -0.15) is 0 Å². The van der Waals surface area contributed by atoms with Crippen molar-refractivity contribution >= 4 is 9.84 Å². The molecule has 0 spiro atoms. The van der Waals surface area contributed by atoms with Crippen LogP contribution in [0.4, 0.5) is 0 Å². The zero-order valence-electron chi connectivity index (χ0n) is 11.4. The summed E-state index contributed by atoms with van der Waals surface area (Å²) in [5, 5.41) is 3.41. The number of rotatable bonds is 4. The molecule has 0 aromatic heterocycles. The van der Waals surface area contributed by atoms with E-state index in [1.165, 1.54) is 6.26 Å². The molecule has 4 nitrogen and oxygen atoms in total. The monoisotopic (exact) mass is 275 g/mol. The van der Waals surface area contributed by atoms with Crippen molar-refractivity contribution in [1.82, 2.24) is 5.32 Å². The Balaban J connectivity index is 1.79. The molecule has 5 heteroatoms. The first-order chi connectivity index (χ1) is 8.47. The number of ether oxygens (including phenoxy) is 1. The van der Waals surface area contributed by atoms with Crippen LogP contribution in [0.25, 0.3) is 0 Å². The molecule has 106 valence electrons. The van der Waals surface area contributed by atoms with Gasteiger partial charge in [0.05, 0.1) is 11.4 Å². The second kappa shape index (κ2) is 5.88. The Morgan fingerprint density at radius 3 is 2.67 bits per heavy atom. The summed E-state index contributed by atoms with van der Waals surface area (Å²) < 4.78 is 28.7. The molecule has 1 aliphatic heterocycles. The van der Waals surface area contributed by atoms with E-state index >= 15 is 0 Å². The molecule has 4 unspecified atom stereocenters. The van der Waals surface area contributed by atoms with Crippen molar-refractivity contribution in [2.75, 3.05) is 19.4 Å². The van der Waals surface area contributed by atoms with Gasteiger partial charge >= 0.3 is 0 Å². The van der Waals surface area contributed by atoms with Gasteiger partial charge in [0.15, 0.2) is 0 Å². The maximum absolute atomic E-state index is 11.6. The van der Waals surface area contributed by atoms with E-state index in [9.17, 15) is 8.42 Å². The minimum atomic E-state index is -2.87. The fourth-order valence-electron chi connectivity index (χ4n) is 3.08. The smallest absolute Gasteiger partial charge is 0.150 e. The van der Waals surface area contributed by atoms with Crippen molar-refractivity contribution in [3.63, 3.8) is 0 Å². The van der Waals surface area contributed by atoms with Crippen LogP contribution in [0.5, 0.6) is 0 Å². The highest BCUT2D eigenvalue weighted by Crippen LogP contribution is 2.25. The highest BCUT2D eigenvalue weighted by atomic mass is 32.2. The van der Waals surface area contributed by atoms with E-state index in [1.54, 1.807) is 0 Å². The highest BCUT2D eigenvalue weighted by molar-refractivity contribution is 7.91. The zero-order chi connectivity index (χ0) is 13.2. The molecule has 2 aliphatic rings. The molecule has 0 amide bonds. The molecule has 2 rings (SSSR count). The van der Waals surface area contributed by atoms with Crippen molar-refractivity contribution in [1.29, 1.82) is 0 Å². The van der Waals surface area contributed by atoms with Crippen LogP contribution in [0.2, 0.25) is 0 Å². The van der Waals surface area contributed by atoms with Gasteiger partial charge in [-0.15, -0.1) is 0 Å². The van der Waals surface area contributed by atoms with Crippen LogP contribution < -0.4 is 5.32 Å². The Bertz CT molecular complexity index is 368. The van der Waals surface area contributed by atoms with E-state index in [0.717, 1.165) is 45.3 Å². The average Bonchev–Trinajstić information content (AvgIpc) is 2.72. The Morgan fingerprint density at radius 1 is 1.28 bits per heavy atom. The summed E-state index contributed by atoms with van der Waals surface area (Å²) in [7, 11) is -2.87. The number of hydrogen-bond donors (Lipinski definition) is 1. The van der Waals surface area contributed by atoms with Gasteiger partial charge in [-0.05, 0) is 38.5 Å². The molecule has 0 radical (unpaired) electrons. The van der Waals surface area contributed by atoms with Crippen LogP contribution in [-0.4, -0.2) is 45.2 Å². The lowest BCUT2D eigenvalue weighted by atomic mass is 9.94. The average molecular weight is 275 g/mol. The third-order valence-electron chi connectivity index (χ3n) is 4.43. The first-order valence-electron chi connectivity index (χ1n) is 7.00. The molecule has 1 saturated heterocycles. The molecule has 1 N–H and O–H groups in total. The van der Waals surface area contributed by atoms with E-state index in [2.05, 4.69) is 12.2 Å². The van der Waals surface area contributed by atoms with Crippen molar-refractivity contribution in [2.45, 2.75) is 56.4 Å². The third kappa shape index (κ3) is 3.68. The van der Waals surface area contributed by atoms with Crippen molar-refractivity contribution in [3.05, 3.63) is 0 Å². The predicted octanol–water partition coefficient (Wildman–Crippen LogP) is 1.36. The standard InChI is InChI=1S/C13H25NO3S/c1-10-11(6-7-17-10)9-14-12-4-3-5-13(8-12)18(2,15)16/h10-14H,3-9H2,1-2H3. The van der Waals surface area contributed by atoms with Crippen molar-refractivity contribution < 1.29 is 13.2 Å². The van der Waals surface area contributed by atoms with Crippen molar-refractivity contribution in [2.24, 2.45) is 5.92 Å². The molecule has 1 saturated carbocycles. The van der Waals surface area contributed by atoms with Gasteiger partial charge in [-0.1, -0.05) is 6.42 Å². The van der Waals surface area contributed by atoms with E-state index in [1.807, 2.05) is 0 Å². The Hall–Kier alpha value is -0.130. The molecule has 0 aromatic carbocycles. The topological polar surface area (TPSA) is 55.4 Å². The molecular weight excluding hydrogens is 250 g/mol. The lowest BCUT2D eigenvalue weighted by Crippen LogP contribution is -2.41. The first-order valence-corrected chi connectivity index (χ1v) is 8.96. The van der Waals surface area contributed by atoms with Crippen LogP contribution in [0.3, 0.4) is 0 Å². The third-order valence-corrected chi connectivity index (χ3v) is 6.07. The minimum Gasteiger partial charge on any atom is -0.378 e. The fourth-order valence-corrected chi connectivity index (χ4v) is 4.26. The van der Waals surface area contributed by atoms with E-state index in [0.29, 0.717) is 18.1 Å². The molecular formula is C13H25NO3S. The van der Waals surface area contributed by atoms with Crippen LogP contribution in [0, 0.1) is 5.92 Å². The molecule has 18 heavy (non-hydrogen) atoms. The molecule has 4 atom stereocenters. The van der Waals surface area contributed by atoms with Crippen LogP contribution in [-0.2, 0) is 14.6 Å². The van der Waals surface area contributed by atoms with Gasteiger partial charge < -0.3 is 10.1 Å². The normalized spacial score (nSPS) is 37.9. The predicted molar refractivity (Wildman–Crippen MR) is 72.4 cm³/mol. The van der Waals surface area contributed by atoms with E-state index in [4.69, 9.17) is 4.74 Å². The second-order valence-corrected chi connectivity index (χ2v) is 8.17. The summed E-state index contributed by atoms with van der Waals surface area (Å²) in [6, 6.07) is 0.367. The van der Waals surface area contributed by atoms with Crippen LogP contribution >= 0.6 is 0 Å². The molecule has 2 fully saturated rings. The Morgan fingerprint density at radius 2 is 2.06 bits per heavy atom. The summed E-state index contributed by atoms with van der Waals surface area (Å²) >= 11 is 0. The molecule has 1 heterocycles. The van der Waals surface area contributed by atoms with Gasteiger partial charge in [0.25, 0.3) is 0 Å². The summed E-state index contributed by atoms with van der Waals surface area (Å²) in [6.45, 7) is 3.95. The van der Waals surface area contributed by atoms with Gasteiger partial charge in [0.2, 0.25) is 0 Å². The van der Waals surface area contributed by atoms with E-state index in [-0.39, 0.29) is 5.25 Å². The minimum absolute atomic E-state index is 0.138. The Labute approximate surface area is 110 Å². The first kappa shape index (κ1) is 14.3. The summed E-state index contributed by atoms with van der Waals surface area (Å²) in [5.41, 5.74) is 0. The SMILES string of the molecule is CC1OCCC1CNC1CCCC(S(C)(=O)=O)C1. The molecule has 0 bridgehead atoms. The molecule has 0 aromatic rings. The summed E-state index contributed by atoms with van der Waals surface area (Å²) in [4.78, 5) is 0. The largest absolute Gasteiger partial charge is 0.378 e. The van der Waals surface area contributed by atoms with Gasteiger partial charge in [0, 0.05) is 25.4 Å². The van der Waals surface area contributed by atoms with Crippen molar-refractivity contribution in [3.8, 4) is 0 Å². The van der Waals surface area contributed by atoms with Gasteiger partial charge in [-0.25, -0.2) is 8.42 Å². The fraction of sp³-hybridized carbons (Fsp3) is 1.00. The number of sulfone groups is 1. The highest BCUT2D eigenvalue weighted by Gasteiger charge is 2.30. The lowest BCUT2D eigenvalue weighted by Gasteiger charge is -2.30. The summed E-state index contributed by atoms with van der Waals surface area (Å²) in [6.07, 6.45) is 6.57. The van der Waals surface area contributed by atoms with E-state index < -0.39 is 9.84 Å². The lowest BCUT2D eigenvalue weighted by molar-refractivity contribution is 0.104. The Kier molecular flexibility index (Phi) is 4.67. The maximum atomic E-state index is 11.6. The quantitative estimate of drug-likeness (QED) is 0.841. The maximum Gasteiger partial charge on any atom is 0.150 e. The van der Waals surface area contributed by atoms with Crippen LogP contribution in [0.1, 0.15) is 39.0 Å². The second-order valence-electron chi connectivity index (χ2n) is 5.85. The molecule has 1 aliphatic carbocycles. The van der Waals surface area contributed by atoms with Crippen LogP contribution in [0.15, 0.2) is 0 Å².